The molecule has 1 aliphatic carbocycles. The van der Waals surface area contributed by atoms with Gasteiger partial charge in [0.25, 0.3) is 0 Å². The predicted octanol–water partition coefficient (Wildman–Crippen LogP) is 9.91. The van der Waals surface area contributed by atoms with E-state index in [1.165, 1.54) is 49.0 Å². The summed E-state index contributed by atoms with van der Waals surface area (Å²) in [7, 11) is 0. The van der Waals surface area contributed by atoms with Crippen LogP contribution in [0, 0.1) is 0 Å². The number of hydrogen-bond donors (Lipinski definition) is 2. The summed E-state index contributed by atoms with van der Waals surface area (Å²) >= 11 is 0. The normalized spacial score (nSPS) is 18.0. The third-order valence-electron chi connectivity index (χ3n) is 9.77. The molecule has 4 heteroatoms. The lowest BCUT2D eigenvalue weighted by Crippen LogP contribution is -2.27. The second kappa shape index (κ2) is 9.75. The van der Waals surface area contributed by atoms with Crippen molar-refractivity contribution in [1.29, 1.82) is 0 Å². The molecule has 10 rings (SSSR count). The van der Waals surface area contributed by atoms with Gasteiger partial charge < -0.3 is 10.6 Å². The van der Waals surface area contributed by atoms with Gasteiger partial charge >= 0.3 is 0 Å². The van der Waals surface area contributed by atoms with Gasteiger partial charge in [0.1, 0.15) is 0 Å². The summed E-state index contributed by atoms with van der Waals surface area (Å²) in [5, 5.41) is 16.4. The first kappa shape index (κ1) is 25.3. The minimum absolute atomic E-state index is 0.00144. The smallest absolute Gasteiger partial charge is 0.0946 e. The highest BCUT2D eigenvalue weighted by molar-refractivity contribution is 6.23. The number of rotatable bonds is 2. The lowest BCUT2D eigenvalue weighted by Gasteiger charge is -2.30. The van der Waals surface area contributed by atoms with Crippen LogP contribution in [0.15, 0.2) is 139 Å². The van der Waals surface area contributed by atoms with E-state index in [9.17, 15) is 0 Å². The van der Waals surface area contributed by atoms with Crippen molar-refractivity contribution in [2.75, 3.05) is 5.32 Å². The van der Waals surface area contributed by atoms with E-state index in [0.717, 1.165) is 39.1 Å². The summed E-state index contributed by atoms with van der Waals surface area (Å²) in [5.41, 5.74) is 10.3. The number of nitrogens with zero attached hydrogens (tertiary/aromatic N) is 2. The van der Waals surface area contributed by atoms with Crippen molar-refractivity contribution >= 4 is 66.8 Å². The Morgan fingerprint density at radius 2 is 1.39 bits per heavy atom. The monoisotopic (exact) mass is 588 g/mol. The van der Waals surface area contributed by atoms with Crippen LogP contribution in [0.2, 0.25) is 0 Å². The molecular formula is C42H28N4. The molecule has 2 atom stereocenters. The highest BCUT2D eigenvalue weighted by atomic mass is 15.0. The van der Waals surface area contributed by atoms with E-state index < -0.39 is 0 Å². The number of aromatic nitrogens is 2. The topological polar surface area (TPSA) is 49.8 Å². The van der Waals surface area contributed by atoms with Crippen LogP contribution in [0.1, 0.15) is 40.0 Å². The molecule has 46 heavy (non-hydrogen) atoms. The zero-order chi connectivity index (χ0) is 30.2. The van der Waals surface area contributed by atoms with E-state index in [1.54, 1.807) is 0 Å². The first-order valence-electron chi connectivity index (χ1n) is 15.8. The fourth-order valence-electron chi connectivity index (χ4n) is 7.63. The van der Waals surface area contributed by atoms with E-state index in [1.807, 2.05) is 24.5 Å². The number of benzene rings is 5. The number of nitrogens with one attached hydrogen (secondary N) is 2. The largest absolute Gasteiger partial charge is 0.372 e. The first-order valence-corrected chi connectivity index (χ1v) is 15.8. The van der Waals surface area contributed by atoms with Crippen LogP contribution in [0.3, 0.4) is 0 Å². The molecule has 2 N–H and O–H groups in total. The molecule has 216 valence electrons. The minimum atomic E-state index is -0.00144. The van der Waals surface area contributed by atoms with E-state index in [-0.39, 0.29) is 12.1 Å². The maximum atomic E-state index is 4.78. The number of hydrogen-bond acceptors (Lipinski definition) is 4. The molecule has 2 aromatic heterocycles. The van der Waals surface area contributed by atoms with Crippen LogP contribution >= 0.6 is 0 Å². The average Bonchev–Trinajstić information content (AvgIpc) is 3.13. The van der Waals surface area contributed by atoms with Crippen molar-refractivity contribution in [3.8, 4) is 0 Å². The summed E-state index contributed by atoms with van der Waals surface area (Å²) in [6, 6.07) is 35.0. The zero-order valence-electron chi connectivity index (χ0n) is 24.9. The van der Waals surface area contributed by atoms with Crippen molar-refractivity contribution in [3.63, 3.8) is 0 Å². The van der Waals surface area contributed by atoms with Crippen molar-refractivity contribution in [2.24, 2.45) is 0 Å². The van der Waals surface area contributed by atoms with Gasteiger partial charge in [0.15, 0.2) is 0 Å². The number of allylic oxidation sites excluding steroid dienone is 2. The Bertz CT molecular complexity index is 2550. The Balaban J connectivity index is 1.17. The third-order valence-corrected chi connectivity index (χ3v) is 9.77. The van der Waals surface area contributed by atoms with Crippen molar-refractivity contribution in [1.82, 2.24) is 15.3 Å². The molecule has 7 aromatic rings. The maximum Gasteiger partial charge on any atom is 0.0946 e. The Morgan fingerprint density at radius 1 is 0.587 bits per heavy atom. The van der Waals surface area contributed by atoms with Crippen LogP contribution in [-0.2, 0) is 0 Å². The van der Waals surface area contributed by atoms with E-state index >= 15 is 0 Å². The van der Waals surface area contributed by atoms with E-state index in [2.05, 4.69) is 132 Å². The molecule has 0 saturated carbocycles. The Hall–Kier alpha value is -6.00. The highest BCUT2D eigenvalue weighted by Crippen LogP contribution is 2.43. The standard InChI is InChI=1S/C42H28N4/c1-3-11-32-30(9-1)34(36-19-17-27-15-13-25-7-5-21-43-39(25)41(27)45-36)23-29-24-35(31-10-2-4-12-33(31)38(29)32)37-20-18-28-16-14-26-8-6-22-44-40(26)42(28)46-37/h1-24,36,42,45-46H. The molecule has 2 aliphatic heterocycles. The molecule has 0 spiro atoms. The van der Waals surface area contributed by atoms with Crippen LogP contribution < -0.4 is 10.6 Å². The van der Waals surface area contributed by atoms with Crippen LogP contribution in [0.25, 0.3) is 61.1 Å². The fraction of sp³-hybridized carbons (Fsp3) is 0.0476. The Kier molecular flexibility index (Phi) is 5.37. The molecular weight excluding hydrogens is 560 g/mol. The second-order valence-electron chi connectivity index (χ2n) is 12.3. The van der Waals surface area contributed by atoms with Crippen molar-refractivity contribution in [2.45, 2.75) is 12.1 Å². The average molecular weight is 589 g/mol. The summed E-state index contributed by atoms with van der Waals surface area (Å²) in [6.45, 7) is 0. The summed E-state index contributed by atoms with van der Waals surface area (Å²) in [4.78, 5) is 9.53. The maximum absolute atomic E-state index is 4.78. The van der Waals surface area contributed by atoms with Gasteiger partial charge in [-0.15, -0.1) is 0 Å². The molecule has 0 amide bonds. The van der Waals surface area contributed by atoms with Gasteiger partial charge in [0.2, 0.25) is 0 Å². The van der Waals surface area contributed by atoms with Crippen LogP contribution in [0.5, 0.6) is 0 Å². The van der Waals surface area contributed by atoms with Crippen molar-refractivity contribution < 1.29 is 0 Å². The van der Waals surface area contributed by atoms with Crippen molar-refractivity contribution in [3.05, 3.63) is 167 Å². The van der Waals surface area contributed by atoms with Crippen LogP contribution in [0.4, 0.5) is 5.69 Å². The molecule has 0 saturated heterocycles. The number of anilines is 1. The molecule has 0 bridgehead atoms. The minimum Gasteiger partial charge on any atom is -0.372 e. The quantitative estimate of drug-likeness (QED) is 0.197. The summed E-state index contributed by atoms with van der Waals surface area (Å²) < 4.78 is 0. The number of fused-ring (bicyclic) bond motifs is 11. The van der Waals surface area contributed by atoms with E-state index in [4.69, 9.17) is 9.97 Å². The Labute approximate surface area is 266 Å². The second-order valence-corrected chi connectivity index (χ2v) is 12.3. The molecule has 4 heterocycles. The number of pyridine rings is 2. The highest BCUT2D eigenvalue weighted by Gasteiger charge is 2.27. The lowest BCUT2D eigenvalue weighted by atomic mass is 9.86. The molecule has 4 nitrogen and oxygen atoms in total. The summed E-state index contributed by atoms with van der Waals surface area (Å²) in [6.07, 6.45) is 17.1. The predicted molar refractivity (Wildman–Crippen MR) is 191 cm³/mol. The summed E-state index contributed by atoms with van der Waals surface area (Å²) in [5.74, 6) is 0. The van der Waals surface area contributed by atoms with Gasteiger partial charge in [0.05, 0.1) is 29.0 Å². The molecule has 0 fully saturated rings. The van der Waals surface area contributed by atoms with Crippen LogP contribution in [-0.4, -0.2) is 9.97 Å². The molecule has 5 aromatic carbocycles. The lowest BCUT2D eigenvalue weighted by molar-refractivity contribution is 0.704. The third kappa shape index (κ3) is 3.74. The SMILES string of the molecule is C1=Cc2cccnc2C2NC(c3cc4cc(C5C=Cc6ccc7cccnc7c6N5)c5ccccc5c4c4ccccc34)=CC=C12. The zero-order valence-corrected chi connectivity index (χ0v) is 24.9. The van der Waals surface area contributed by atoms with E-state index in [0.29, 0.717) is 0 Å². The van der Waals surface area contributed by atoms with Gasteiger partial charge in [-0.25, -0.2) is 0 Å². The Morgan fingerprint density at radius 3 is 2.30 bits per heavy atom. The van der Waals surface area contributed by atoms with Gasteiger partial charge in [-0.1, -0.05) is 103 Å². The molecule has 3 aliphatic rings. The molecule has 2 unspecified atom stereocenters. The van der Waals surface area contributed by atoms with Gasteiger partial charge in [-0.2, -0.15) is 0 Å². The van der Waals surface area contributed by atoms with Gasteiger partial charge in [0, 0.05) is 29.0 Å². The van der Waals surface area contributed by atoms with Gasteiger partial charge in [-0.3, -0.25) is 9.97 Å². The molecule has 0 radical (unpaired) electrons. The first-order chi connectivity index (χ1) is 22.8. The fourth-order valence-corrected chi connectivity index (χ4v) is 7.63. The van der Waals surface area contributed by atoms with Gasteiger partial charge in [-0.05, 0) is 84.9 Å². The number of dihydropyridines is 1.